The molecule has 0 bridgehead atoms. The molecule has 0 spiro atoms. The van der Waals surface area contributed by atoms with Crippen LogP contribution in [0.25, 0.3) is 0 Å². The molecule has 0 unspecified atom stereocenters. The zero-order valence-electron chi connectivity index (χ0n) is 3.87. The normalized spacial score (nSPS) is 18.8. The predicted octanol–water partition coefficient (Wildman–Crippen LogP) is 1.60. The molecule has 0 aromatic heterocycles. The van der Waals surface area contributed by atoms with Crippen LogP contribution in [-0.4, -0.2) is 9.05 Å². The molecule has 0 aromatic rings. The van der Waals surface area contributed by atoms with Crippen molar-refractivity contribution in [3.05, 3.63) is 0 Å². The summed E-state index contributed by atoms with van der Waals surface area (Å²) in [7, 11) is 0. The third kappa shape index (κ3) is 3.31. The monoisotopic (exact) mass is 376 g/mol. The van der Waals surface area contributed by atoms with E-state index in [0.717, 1.165) is 0 Å². The van der Waals surface area contributed by atoms with E-state index in [2.05, 4.69) is 42.5 Å². The Morgan fingerprint density at radius 1 is 1.33 bits per heavy atom. The third-order valence-corrected chi connectivity index (χ3v) is 9.81. The van der Waals surface area contributed by atoms with Gasteiger partial charge in [-0.1, -0.05) is 0 Å². The molecule has 40 valence electrons. The molecule has 2 heteroatoms. The average Bonchev–Trinajstić information content (AvgIpc) is 1.65. The van der Waals surface area contributed by atoms with Gasteiger partial charge in [-0.15, -0.1) is 0 Å². The van der Waals surface area contributed by atoms with Crippen molar-refractivity contribution in [2.45, 2.75) is 13.8 Å². The van der Waals surface area contributed by atoms with Gasteiger partial charge in [0.05, 0.1) is 0 Å². The van der Waals surface area contributed by atoms with Crippen molar-refractivity contribution >= 4 is 28.6 Å². The van der Waals surface area contributed by atoms with Gasteiger partial charge in [-0.3, -0.25) is 0 Å². The number of halogens is 1. The third-order valence-electron chi connectivity index (χ3n) is 0.368. The molecule has 0 N–H and O–H groups in total. The van der Waals surface area contributed by atoms with E-state index in [1.165, 1.54) is 0 Å². The van der Waals surface area contributed by atoms with E-state index >= 15 is 0 Å². The first-order valence-corrected chi connectivity index (χ1v) is 11.2. The molecule has 0 aliphatic carbocycles. The van der Waals surface area contributed by atoms with Crippen molar-refractivity contribution in [2.24, 2.45) is 0 Å². The van der Waals surface area contributed by atoms with Gasteiger partial charge in [-0.25, -0.2) is 0 Å². The van der Waals surface area contributed by atoms with Gasteiger partial charge in [-0.2, -0.15) is 0 Å². The van der Waals surface area contributed by atoms with E-state index in [1.54, 1.807) is 0 Å². The van der Waals surface area contributed by atoms with Crippen molar-refractivity contribution in [1.82, 2.24) is 0 Å². The van der Waals surface area contributed by atoms with Gasteiger partial charge in [0.25, 0.3) is 0 Å². The van der Waals surface area contributed by atoms with Gasteiger partial charge in [0.15, 0.2) is 0 Å². The average molecular weight is 375 g/mol. The number of hydrogen-bond acceptors (Lipinski definition) is 0. The summed E-state index contributed by atoms with van der Waals surface area (Å²) in [6.07, 6.45) is 0. The van der Waals surface area contributed by atoms with Crippen LogP contribution in [0.5, 0.6) is 0 Å². The SMILES string of the molecule is C/[CH]=[Ir](\[I])=[CH]/C. The molecular formula is C4H8IIr. The van der Waals surface area contributed by atoms with Gasteiger partial charge in [0.2, 0.25) is 0 Å². The summed E-state index contributed by atoms with van der Waals surface area (Å²) < 4.78 is 4.64. The summed E-state index contributed by atoms with van der Waals surface area (Å²) in [5.74, 6) is 0. The van der Waals surface area contributed by atoms with Crippen molar-refractivity contribution in [3.8, 4) is 0 Å². The van der Waals surface area contributed by atoms with E-state index in [-0.39, 0.29) is 0 Å². The van der Waals surface area contributed by atoms with Crippen LogP contribution in [0.1, 0.15) is 13.8 Å². The van der Waals surface area contributed by atoms with Crippen molar-refractivity contribution in [2.75, 3.05) is 0 Å². The Hall–Kier alpha value is 1.12. The topological polar surface area (TPSA) is 0 Å². The first kappa shape index (κ1) is 7.12. The first-order valence-electron chi connectivity index (χ1n) is 1.67. The Labute approximate surface area is 54.2 Å². The Kier molecular flexibility index (Phi) is 5.08. The van der Waals surface area contributed by atoms with Crippen LogP contribution in [0, 0.1) is 0 Å². The summed E-state index contributed by atoms with van der Waals surface area (Å²) in [5, 5.41) is 0. The second kappa shape index (κ2) is 4.28. The summed E-state index contributed by atoms with van der Waals surface area (Å²) in [5.41, 5.74) is 0. The molecule has 0 nitrogen and oxygen atoms in total. The van der Waals surface area contributed by atoms with Crippen LogP contribution in [-0.2, 0) is 12.0 Å². The minimum atomic E-state index is -0.660. The van der Waals surface area contributed by atoms with Gasteiger partial charge < -0.3 is 0 Å². The molecule has 6 heavy (non-hydrogen) atoms. The molecule has 0 amide bonds. The summed E-state index contributed by atoms with van der Waals surface area (Å²) in [6.45, 7) is 4.28. The molecule has 0 saturated heterocycles. The van der Waals surface area contributed by atoms with Crippen LogP contribution in [0.2, 0.25) is 0 Å². The van der Waals surface area contributed by atoms with Gasteiger partial charge in [0.1, 0.15) is 0 Å². The first-order chi connectivity index (χ1) is 2.81. The van der Waals surface area contributed by atoms with Crippen molar-refractivity contribution in [1.29, 1.82) is 0 Å². The zero-order valence-corrected chi connectivity index (χ0v) is 8.42. The van der Waals surface area contributed by atoms with Gasteiger partial charge in [-0.05, 0) is 0 Å². The van der Waals surface area contributed by atoms with E-state index in [4.69, 9.17) is 0 Å². The number of rotatable bonds is 0. The summed E-state index contributed by atoms with van der Waals surface area (Å²) in [6, 6.07) is 0. The molecule has 0 radical (unpaired) electrons. The molecule has 0 fully saturated rings. The van der Waals surface area contributed by atoms with Crippen LogP contribution >= 0.6 is 19.6 Å². The number of hydrogen-bond donors (Lipinski definition) is 0. The maximum absolute atomic E-state index is 2.53. The molecule has 0 saturated carbocycles. The van der Waals surface area contributed by atoms with Crippen molar-refractivity contribution < 1.29 is 12.0 Å². The fourth-order valence-electron chi connectivity index (χ4n) is 0.111. The fraction of sp³-hybridized carbons (Fsp3) is 0.500. The molecule has 0 heterocycles. The Morgan fingerprint density at radius 2 is 1.67 bits per heavy atom. The van der Waals surface area contributed by atoms with E-state index < -0.39 is 12.0 Å². The van der Waals surface area contributed by atoms with Crippen LogP contribution in [0.15, 0.2) is 0 Å². The predicted molar refractivity (Wildman–Crippen MR) is 37.5 cm³/mol. The Balaban J connectivity index is 3.86. The van der Waals surface area contributed by atoms with E-state index in [0.29, 0.717) is 0 Å². The molecule has 0 aliphatic rings. The van der Waals surface area contributed by atoms with Crippen LogP contribution < -0.4 is 0 Å². The standard InChI is InChI=1S/2C2H4.HI.Ir/c2*1-2;;/h2*1H,2H3;1H;/q;;;+1/p-1. The Bertz CT molecular complexity index is 88.1. The van der Waals surface area contributed by atoms with Gasteiger partial charge in [0, 0.05) is 0 Å². The summed E-state index contributed by atoms with van der Waals surface area (Å²) in [4.78, 5) is 0. The molecule has 0 rings (SSSR count). The molecular weight excluding hydrogens is 367 g/mol. The quantitative estimate of drug-likeness (QED) is 0.565. The minimum absolute atomic E-state index is 0.660. The second-order valence-corrected chi connectivity index (χ2v) is 12.0. The van der Waals surface area contributed by atoms with Gasteiger partial charge >= 0.3 is 54.5 Å². The molecule has 0 atom stereocenters. The van der Waals surface area contributed by atoms with Crippen LogP contribution in [0.4, 0.5) is 0 Å². The van der Waals surface area contributed by atoms with E-state index in [9.17, 15) is 0 Å². The fourth-order valence-corrected chi connectivity index (χ4v) is 0.909. The van der Waals surface area contributed by atoms with Crippen LogP contribution in [0.3, 0.4) is 0 Å². The van der Waals surface area contributed by atoms with Crippen molar-refractivity contribution in [3.63, 3.8) is 0 Å². The van der Waals surface area contributed by atoms with E-state index in [1.807, 2.05) is 0 Å². The molecule has 0 aromatic carbocycles. The summed E-state index contributed by atoms with van der Waals surface area (Å²) >= 11 is 1.87. The molecule has 0 aliphatic heterocycles. The maximum atomic E-state index is 2.53. The zero-order chi connectivity index (χ0) is 4.99. The Morgan fingerprint density at radius 3 is 1.67 bits per heavy atom. The second-order valence-electron chi connectivity index (χ2n) is 0.641.